The van der Waals surface area contributed by atoms with Gasteiger partial charge in [-0.3, -0.25) is 19.3 Å². The van der Waals surface area contributed by atoms with Gasteiger partial charge in [-0.15, -0.1) is 0 Å². The molecule has 1 unspecified atom stereocenters. The van der Waals surface area contributed by atoms with Crippen molar-refractivity contribution in [3.05, 3.63) is 70.5 Å². The lowest BCUT2D eigenvalue weighted by Gasteiger charge is -2.34. The first-order valence-corrected chi connectivity index (χ1v) is 14.2. The Morgan fingerprint density at radius 2 is 1.88 bits per heavy atom. The Balaban J connectivity index is 1.72. The summed E-state index contributed by atoms with van der Waals surface area (Å²) < 4.78 is 14.7. The molecule has 4 atom stereocenters. The van der Waals surface area contributed by atoms with Crippen molar-refractivity contribution >= 4 is 18.2 Å². The highest BCUT2D eigenvalue weighted by Crippen LogP contribution is 2.25. The standard InChI is InChI=1S/C31H44FN5O3/c1-21-9-11-25(30(32)23(21)3)18-35-31(40)28(13-14-29(34)39)36(20-38)16-15-27(37-19-26(33)17-22(37)2)12-10-24-7-5-4-6-8-24/h4-9,11,20,22,26-28H,10,12-19,33H2,1-3H3,(H2,34,39)(H,35,40)/t22-,26-,27?,28-/m1/s1. The lowest BCUT2D eigenvalue weighted by atomic mass is 10.00. The Kier molecular flexibility index (Phi) is 11.6. The molecule has 40 heavy (non-hydrogen) atoms. The third kappa shape index (κ3) is 8.60. The molecule has 8 nitrogen and oxygen atoms in total. The average molecular weight is 554 g/mol. The molecule has 3 rings (SSSR count). The van der Waals surface area contributed by atoms with Gasteiger partial charge in [0.2, 0.25) is 18.2 Å². The predicted octanol–water partition coefficient (Wildman–Crippen LogP) is 2.96. The zero-order valence-electron chi connectivity index (χ0n) is 23.9. The molecule has 5 N–H and O–H groups in total. The number of primary amides is 1. The second-order valence-electron chi connectivity index (χ2n) is 11.1. The van der Waals surface area contributed by atoms with Crippen molar-refractivity contribution in [3.8, 4) is 0 Å². The molecule has 0 spiro atoms. The number of halogens is 1. The first-order valence-electron chi connectivity index (χ1n) is 14.2. The van der Waals surface area contributed by atoms with Gasteiger partial charge in [-0.25, -0.2) is 4.39 Å². The Hall–Kier alpha value is -3.30. The molecule has 9 heteroatoms. The van der Waals surface area contributed by atoms with Crippen LogP contribution in [0, 0.1) is 19.7 Å². The molecule has 1 aliphatic heterocycles. The van der Waals surface area contributed by atoms with Gasteiger partial charge in [0.1, 0.15) is 11.9 Å². The van der Waals surface area contributed by atoms with Gasteiger partial charge < -0.3 is 21.7 Å². The minimum absolute atomic E-state index is 0.0194. The topological polar surface area (TPSA) is 122 Å². The molecule has 3 amide bonds. The highest BCUT2D eigenvalue weighted by Gasteiger charge is 2.33. The van der Waals surface area contributed by atoms with Gasteiger partial charge in [0.25, 0.3) is 0 Å². The van der Waals surface area contributed by atoms with Crippen molar-refractivity contribution in [1.29, 1.82) is 0 Å². The SMILES string of the molecule is Cc1ccc(CNC(=O)[C@@H](CCC(N)=O)N(C=O)CCC(CCc2ccccc2)N2C[C@H](N)C[C@H]2C)c(F)c1C. The van der Waals surface area contributed by atoms with Gasteiger partial charge in [0, 0.05) is 49.7 Å². The van der Waals surface area contributed by atoms with Gasteiger partial charge in [0.15, 0.2) is 0 Å². The summed E-state index contributed by atoms with van der Waals surface area (Å²) in [5, 5.41) is 2.77. The maximum atomic E-state index is 14.7. The number of aryl methyl sites for hydroxylation is 2. The maximum absolute atomic E-state index is 14.7. The fraction of sp³-hybridized carbons (Fsp3) is 0.516. The van der Waals surface area contributed by atoms with Crippen LogP contribution in [0.4, 0.5) is 4.39 Å². The van der Waals surface area contributed by atoms with Crippen molar-refractivity contribution in [2.24, 2.45) is 11.5 Å². The summed E-state index contributed by atoms with van der Waals surface area (Å²) in [5.74, 6) is -1.35. The highest BCUT2D eigenvalue weighted by atomic mass is 19.1. The fourth-order valence-corrected chi connectivity index (χ4v) is 5.64. The summed E-state index contributed by atoms with van der Waals surface area (Å²) in [5.41, 5.74) is 14.6. The molecule has 0 aromatic heterocycles. The maximum Gasteiger partial charge on any atom is 0.243 e. The normalized spacial score (nSPS) is 18.7. The van der Waals surface area contributed by atoms with Gasteiger partial charge in [0.05, 0.1) is 0 Å². The summed E-state index contributed by atoms with van der Waals surface area (Å²) in [6.45, 7) is 6.79. The van der Waals surface area contributed by atoms with E-state index in [1.165, 1.54) is 10.5 Å². The van der Waals surface area contributed by atoms with E-state index in [2.05, 4.69) is 29.3 Å². The van der Waals surface area contributed by atoms with Gasteiger partial charge in [-0.2, -0.15) is 0 Å². The number of carbonyl (C=O) groups is 3. The van der Waals surface area contributed by atoms with Crippen LogP contribution in [0.5, 0.6) is 0 Å². The molecule has 1 saturated heterocycles. The number of likely N-dealkylation sites (tertiary alicyclic amines) is 1. The molecule has 1 aliphatic rings. The summed E-state index contributed by atoms with van der Waals surface area (Å²) in [6.07, 6.45) is 4.04. The van der Waals surface area contributed by atoms with Crippen LogP contribution in [-0.4, -0.2) is 65.3 Å². The van der Waals surface area contributed by atoms with Crippen molar-refractivity contribution in [2.75, 3.05) is 13.1 Å². The molecule has 0 saturated carbocycles. The van der Waals surface area contributed by atoms with E-state index in [9.17, 15) is 18.8 Å². The number of amides is 3. The van der Waals surface area contributed by atoms with Crippen LogP contribution in [0.25, 0.3) is 0 Å². The van der Waals surface area contributed by atoms with E-state index in [1.54, 1.807) is 13.0 Å². The van der Waals surface area contributed by atoms with Crippen LogP contribution in [0.1, 0.15) is 61.3 Å². The first-order chi connectivity index (χ1) is 19.1. The monoisotopic (exact) mass is 553 g/mol. The first kappa shape index (κ1) is 31.2. The van der Waals surface area contributed by atoms with Crippen LogP contribution in [0.15, 0.2) is 42.5 Å². The van der Waals surface area contributed by atoms with Crippen LogP contribution < -0.4 is 16.8 Å². The van der Waals surface area contributed by atoms with Crippen LogP contribution >= 0.6 is 0 Å². The van der Waals surface area contributed by atoms with E-state index >= 15 is 0 Å². The van der Waals surface area contributed by atoms with Gasteiger partial charge in [-0.1, -0.05) is 42.5 Å². The van der Waals surface area contributed by atoms with E-state index < -0.39 is 17.9 Å². The predicted molar refractivity (Wildman–Crippen MR) is 155 cm³/mol. The van der Waals surface area contributed by atoms with Gasteiger partial charge in [-0.05, 0) is 69.6 Å². The Morgan fingerprint density at radius 1 is 1.15 bits per heavy atom. The van der Waals surface area contributed by atoms with Gasteiger partial charge >= 0.3 is 0 Å². The number of hydrogen-bond acceptors (Lipinski definition) is 5. The van der Waals surface area contributed by atoms with Crippen LogP contribution in [0.3, 0.4) is 0 Å². The third-order valence-electron chi connectivity index (χ3n) is 8.15. The molecular weight excluding hydrogens is 509 g/mol. The van der Waals surface area contributed by atoms with Crippen LogP contribution in [-0.2, 0) is 27.3 Å². The Morgan fingerprint density at radius 3 is 2.50 bits per heavy atom. The molecule has 1 heterocycles. The van der Waals surface area contributed by atoms with Crippen molar-refractivity contribution < 1.29 is 18.8 Å². The quantitative estimate of drug-likeness (QED) is 0.293. The number of nitrogens with two attached hydrogens (primary N) is 2. The minimum atomic E-state index is -0.896. The molecule has 1 fully saturated rings. The lowest BCUT2D eigenvalue weighted by molar-refractivity contribution is -0.134. The second-order valence-corrected chi connectivity index (χ2v) is 11.1. The molecule has 2 aromatic rings. The molecule has 0 bridgehead atoms. The van der Waals surface area contributed by atoms with E-state index in [1.807, 2.05) is 31.2 Å². The lowest BCUT2D eigenvalue weighted by Crippen LogP contribution is -2.48. The fourth-order valence-electron chi connectivity index (χ4n) is 5.64. The summed E-state index contributed by atoms with van der Waals surface area (Å²) in [4.78, 5) is 41.0. The Bertz CT molecular complexity index is 1150. The average Bonchev–Trinajstić information content (AvgIpc) is 3.27. The second kappa shape index (κ2) is 14.9. The van der Waals surface area contributed by atoms with E-state index in [4.69, 9.17) is 11.5 Å². The zero-order chi connectivity index (χ0) is 29.2. The number of carbonyl (C=O) groups excluding carboxylic acids is 3. The van der Waals surface area contributed by atoms with Crippen molar-refractivity contribution in [1.82, 2.24) is 15.1 Å². The van der Waals surface area contributed by atoms with Crippen molar-refractivity contribution in [2.45, 2.75) is 90.0 Å². The molecule has 0 radical (unpaired) electrons. The van der Waals surface area contributed by atoms with Crippen LogP contribution in [0.2, 0.25) is 0 Å². The Labute approximate surface area is 237 Å². The zero-order valence-corrected chi connectivity index (χ0v) is 23.9. The smallest absolute Gasteiger partial charge is 0.243 e. The number of rotatable bonds is 15. The number of nitrogens with one attached hydrogen (secondary N) is 1. The molecule has 2 aromatic carbocycles. The summed E-state index contributed by atoms with van der Waals surface area (Å²) >= 11 is 0. The molecule has 218 valence electrons. The van der Waals surface area contributed by atoms with E-state index in [0.717, 1.165) is 31.4 Å². The minimum Gasteiger partial charge on any atom is -0.370 e. The number of nitrogens with zero attached hydrogens (tertiary/aromatic N) is 2. The number of hydrogen-bond donors (Lipinski definition) is 3. The largest absolute Gasteiger partial charge is 0.370 e. The summed E-state index contributed by atoms with van der Waals surface area (Å²) in [7, 11) is 0. The molecular formula is C31H44FN5O3. The van der Waals surface area contributed by atoms with E-state index in [0.29, 0.717) is 36.5 Å². The third-order valence-corrected chi connectivity index (χ3v) is 8.15. The molecule has 0 aliphatic carbocycles. The van der Waals surface area contributed by atoms with E-state index in [-0.39, 0.29) is 37.3 Å². The highest BCUT2D eigenvalue weighted by molar-refractivity contribution is 5.84. The number of benzene rings is 2. The van der Waals surface area contributed by atoms with Crippen molar-refractivity contribution in [3.63, 3.8) is 0 Å². The summed E-state index contributed by atoms with van der Waals surface area (Å²) in [6, 6.07) is 13.4.